The summed E-state index contributed by atoms with van der Waals surface area (Å²) in [7, 11) is 0. The molecule has 0 radical (unpaired) electrons. The molecule has 1 aromatic rings. The summed E-state index contributed by atoms with van der Waals surface area (Å²) in [6.07, 6.45) is -3.51. The lowest BCUT2D eigenvalue weighted by molar-refractivity contribution is -0.137. The van der Waals surface area contributed by atoms with Crippen LogP contribution in [0.3, 0.4) is 0 Å². The van der Waals surface area contributed by atoms with E-state index >= 15 is 0 Å². The lowest BCUT2D eigenvalue weighted by atomic mass is 9.94. The fourth-order valence-corrected chi connectivity index (χ4v) is 2.00. The van der Waals surface area contributed by atoms with Gasteiger partial charge in [0.15, 0.2) is 0 Å². The highest BCUT2D eigenvalue weighted by Crippen LogP contribution is 2.29. The molecule has 2 N–H and O–H groups in total. The molecule has 0 aromatic heterocycles. The largest absolute Gasteiger partial charge is 0.416 e. The quantitative estimate of drug-likeness (QED) is 0.849. The van der Waals surface area contributed by atoms with Crippen LogP contribution in [0.2, 0.25) is 0 Å². The number of amides is 1. The van der Waals surface area contributed by atoms with Gasteiger partial charge in [-0.25, -0.2) is 0 Å². The van der Waals surface area contributed by atoms with Crippen molar-refractivity contribution >= 4 is 5.91 Å². The number of nitrogens with one attached hydrogen (secondary N) is 1. The van der Waals surface area contributed by atoms with E-state index in [4.69, 9.17) is 5.11 Å². The molecule has 0 heterocycles. The molecule has 0 aliphatic heterocycles. The molecule has 0 bridgehead atoms. The minimum Gasteiger partial charge on any atom is -0.396 e. The van der Waals surface area contributed by atoms with Crippen LogP contribution in [-0.4, -0.2) is 23.2 Å². The second-order valence-electron chi connectivity index (χ2n) is 5.31. The maximum Gasteiger partial charge on any atom is 0.416 e. The van der Waals surface area contributed by atoms with Crippen LogP contribution >= 0.6 is 0 Å². The molecule has 1 amide bonds. The molecule has 21 heavy (non-hydrogen) atoms. The number of hydrogen-bond donors (Lipinski definition) is 2. The zero-order valence-electron chi connectivity index (χ0n) is 12.1. The first kappa shape index (κ1) is 17.5. The minimum atomic E-state index is -4.42. The van der Waals surface area contributed by atoms with Crippen LogP contribution in [-0.2, 0) is 17.4 Å². The monoisotopic (exact) mass is 303 g/mol. The number of rotatable bonds is 6. The smallest absolute Gasteiger partial charge is 0.396 e. The van der Waals surface area contributed by atoms with Gasteiger partial charge in [0.1, 0.15) is 0 Å². The molecule has 0 fully saturated rings. The summed E-state index contributed by atoms with van der Waals surface area (Å²) in [5.74, 6) is -0.355. The van der Waals surface area contributed by atoms with Crippen molar-refractivity contribution in [3.05, 3.63) is 35.4 Å². The third-order valence-corrected chi connectivity index (χ3v) is 3.50. The predicted molar refractivity (Wildman–Crippen MR) is 73.7 cm³/mol. The van der Waals surface area contributed by atoms with Gasteiger partial charge in [-0.1, -0.05) is 25.1 Å². The molecular formula is C15H20F3NO2. The number of halogens is 3. The molecule has 0 saturated carbocycles. The molecule has 1 rings (SSSR count). The summed E-state index contributed by atoms with van der Waals surface area (Å²) < 4.78 is 37.8. The molecule has 0 aliphatic carbocycles. The Hall–Kier alpha value is -1.56. The topological polar surface area (TPSA) is 49.3 Å². The zero-order chi connectivity index (χ0) is 16.1. The van der Waals surface area contributed by atoms with E-state index in [9.17, 15) is 18.0 Å². The zero-order valence-corrected chi connectivity index (χ0v) is 12.1. The standard InChI is InChI=1S/C15H20F3NO2/c1-3-14(2,7-8-20)19-13(21)10-11-5-4-6-12(9-11)15(16,17)18/h4-6,9,20H,3,7-8,10H2,1-2H3,(H,19,21). The Balaban J connectivity index is 2.75. The van der Waals surface area contributed by atoms with E-state index in [2.05, 4.69) is 5.32 Å². The van der Waals surface area contributed by atoms with Gasteiger partial charge < -0.3 is 10.4 Å². The molecule has 0 aliphatic rings. The molecule has 1 aromatic carbocycles. The van der Waals surface area contributed by atoms with Crippen molar-refractivity contribution in [2.75, 3.05) is 6.61 Å². The van der Waals surface area contributed by atoms with Crippen molar-refractivity contribution in [2.45, 2.75) is 44.8 Å². The van der Waals surface area contributed by atoms with Gasteiger partial charge >= 0.3 is 6.18 Å². The fraction of sp³-hybridized carbons (Fsp3) is 0.533. The number of benzene rings is 1. The second-order valence-corrected chi connectivity index (χ2v) is 5.31. The molecule has 6 heteroatoms. The lowest BCUT2D eigenvalue weighted by Gasteiger charge is -2.29. The highest BCUT2D eigenvalue weighted by Gasteiger charge is 2.30. The minimum absolute atomic E-state index is 0.0613. The highest BCUT2D eigenvalue weighted by molar-refractivity contribution is 5.79. The third-order valence-electron chi connectivity index (χ3n) is 3.50. The fourth-order valence-electron chi connectivity index (χ4n) is 2.00. The van der Waals surface area contributed by atoms with E-state index in [1.165, 1.54) is 12.1 Å². The van der Waals surface area contributed by atoms with Crippen LogP contribution in [0, 0.1) is 0 Å². The Labute approximate surface area is 122 Å². The Kier molecular flexibility index (Phi) is 5.78. The molecule has 3 nitrogen and oxygen atoms in total. The third kappa shape index (κ3) is 5.38. The second kappa shape index (κ2) is 6.93. The van der Waals surface area contributed by atoms with Crippen molar-refractivity contribution < 1.29 is 23.1 Å². The van der Waals surface area contributed by atoms with Gasteiger partial charge in [-0.15, -0.1) is 0 Å². The van der Waals surface area contributed by atoms with E-state index in [1.54, 1.807) is 6.92 Å². The van der Waals surface area contributed by atoms with Crippen LogP contribution in [0.15, 0.2) is 24.3 Å². The highest BCUT2D eigenvalue weighted by atomic mass is 19.4. The predicted octanol–water partition coefficient (Wildman–Crippen LogP) is 2.92. The van der Waals surface area contributed by atoms with Crippen molar-refractivity contribution in [3.8, 4) is 0 Å². The number of aliphatic hydroxyl groups is 1. The first-order valence-corrected chi connectivity index (χ1v) is 6.78. The van der Waals surface area contributed by atoms with E-state index in [-0.39, 0.29) is 18.9 Å². The molecule has 0 spiro atoms. The molecule has 118 valence electrons. The SMILES string of the molecule is CCC(C)(CCO)NC(=O)Cc1cccc(C(F)(F)F)c1. The van der Waals surface area contributed by atoms with E-state index in [1.807, 2.05) is 6.92 Å². The molecule has 1 atom stereocenters. The van der Waals surface area contributed by atoms with Gasteiger partial charge in [0.05, 0.1) is 12.0 Å². The average molecular weight is 303 g/mol. The summed E-state index contributed by atoms with van der Waals surface area (Å²) in [4.78, 5) is 11.9. The first-order valence-electron chi connectivity index (χ1n) is 6.78. The normalized spacial score (nSPS) is 14.6. The summed E-state index contributed by atoms with van der Waals surface area (Å²) >= 11 is 0. The van der Waals surface area contributed by atoms with Crippen LogP contribution in [0.25, 0.3) is 0 Å². The van der Waals surface area contributed by atoms with Crippen LogP contribution < -0.4 is 5.32 Å². The van der Waals surface area contributed by atoms with Crippen LogP contribution in [0.5, 0.6) is 0 Å². The number of aliphatic hydroxyl groups excluding tert-OH is 1. The maximum atomic E-state index is 12.6. The Bertz CT molecular complexity index is 488. The lowest BCUT2D eigenvalue weighted by Crippen LogP contribution is -2.46. The average Bonchev–Trinajstić information content (AvgIpc) is 2.38. The molecule has 0 saturated heterocycles. The van der Waals surface area contributed by atoms with Gasteiger partial charge in [0.25, 0.3) is 0 Å². The van der Waals surface area contributed by atoms with Gasteiger partial charge in [0, 0.05) is 12.1 Å². The van der Waals surface area contributed by atoms with Crippen LogP contribution in [0.1, 0.15) is 37.8 Å². The Morgan fingerprint density at radius 2 is 2.00 bits per heavy atom. The van der Waals surface area contributed by atoms with Gasteiger partial charge in [-0.2, -0.15) is 13.2 Å². The van der Waals surface area contributed by atoms with Crippen molar-refractivity contribution in [3.63, 3.8) is 0 Å². The number of carbonyl (C=O) groups is 1. The van der Waals surface area contributed by atoms with Gasteiger partial charge in [-0.3, -0.25) is 4.79 Å². The molecule has 1 unspecified atom stereocenters. The van der Waals surface area contributed by atoms with Crippen molar-refractivity contribution in [1.82, 2.24) is 5.32 Å². The summed E-state index contributed by atoms with van der Waals surface area (Å²) in [5, 5.41) is 11.8. The van der Waals surface area contributed by atoms with E-state index in [0.29, 0.717) is 18.4 Å². The molecular weight excluding hydrogens is 283 g/mol. The van der Waals surface area contributed by atoms with Gasteiger partial charge in [0.2, 0.25) is 5.91 Å². The first-order chi connectivity index (χ1) is 9.70. The van der Waals surface area contributed by atoms with Crippen molar-refractivity contribution in [2.24, 2.45) is 0 Å². The maximum absolute atomic E-state index is 12.6. The summed E-state index contributed by atoms with van der Waals surface area (Å²) in [6.45, 7) is 3.61. The Morgan fingerprint density at radius 1 is 1.33 bits per heavy atom. The summed E-state index contributed by atoms with van der Waals surface area (Å²) in [6, 6.07) is 4.74. The Morgan fingerprint density at radius 3 is 2.52 bits per heavy atom. The van der Waals surface area contributed by atoms with Crippen molar-refractivity contribution in [1.29, 1.82) is 0 Å². The number of alkyl halides is 3. The van der Waals surface area contributed by atoms with Crippen LogP contribution in [0.4, 0.5) is 13.2 Å². The van der Waals surface area contributed by atoms with E-state index in [0.717, 1.165) is 12.1 Å². The summed E-state index contributed by atoms with van der Waals surface area (Å²) in [5.41, 5.74) is -1.00. The number of hydrogen-bond acceptors (Lipinski definition) is 2. The van der Waals surface area contributed by atoms with E-state index < -0.39 is 17.3 Å². The van der Waals surface area contributed by atoms with Gasteiger partial charge in [-0.05, 0) is 31.4 Å². The number of carbonyl (C=O) groups excluding carboxylic acids is 1.